The third kappa shape index (κ3) is 4.67. The minimum atomic E-state index is -2.80. The van der Waals surface area contributed by atoms with Crippen molar-refractivity contribution in [3.63, 3.8) is 0 Å². The first-order valence-corrected chi connectivity index (χ1v) is 10.4. The van der Waals surface area contributed by atoms with Gasteiger partial charge in [0.05, 0.1) is 11.5 Å². The molecule has 2 rings (SSSR count). The molecule has 2 fully saturated rings. The second kappa shape index (κ2) is 7.42. The molecule has 0 bridgehead atoms. The van der Waals surface area contributed by atoms with Gasteiger partial charge in [-0.3, -0.25) is 4.90 Å². The van der Waals surface area contributed by atoms with Crippen molar-refractivity contribution in [2.45, 2.75) is 58.5 Å². The lowest BCUT2D eigenvalue weighted by Crippen LogP contribution is -2.52. The van der Waals surface area contributed by atoms with Crippen molar-refractivity contribution in [3.05, 3.63) is 0 Å². The maximum absolute atomic E-state index is 11.7. The van der Waals surface area contributed by atoms with E-state index in [4.69, 9.17) is 0 Å². The van der Waals surface area contributed by atoms with E-state index in [0.29, 0.717) is 23.5 Å². The van der Waals surface area contributed by atoms with Gasteiger partial charge in [-0.25, -0.2) is 8.42 Å². The Bertz CT molecular complexity index is 424. The summed E-state index contributed by atoms with van der Waals surface area (Å²) in [7, 11) is -2.80. The number of sulfone groups is 1. The fourth-order valence-electron chi connectivity index (χ4n) is 4.07. The second-order valence-electron chi connectivity index (χ2n) is 6.97. The molecule has 1 aliphatic carbocycles. The molecule has 0 amide bonds. The van der Waals surface area contributed by atoms with Gasteiger partial charge in [0.2, 0.25) is 0 Å². The molecule has 0 aromatic rings. The second-order valence-corrected chi connectivity index (χ2v) is 9.20. The van der Waals surface area contributed by atoms with Crippen LogP contribution in [-0.2, 0) is 9.84 Å². The lowest BCUT2D eigenvalue weighted by Gasteiger charge is -2.42. The van der Waals surface area contributed by atoms with Crippen LogP contribution in [0.2, 0.25) is 0 Å². The van der Waals surface area contributed by atoms with Crippen molar-refractivity contribution >= 4 is 9.84 Å². The van der Waals surface area contributed by atoms with Crippen LogP contribution in [-0.4, -0.2) is 56.5 Å². The fraction of sp³-hybridized carbons (Fsp3) is 1.00. The molecule has 0 radical (unpaired) electrons. The molecule has 1 aliphatic heterocycles. The molecule has 1 saturated carbocycles. The van der Waals surface area contributed by atoms with E-state index in [0.717, 1.165) is 25.6 Å². The minimum Gasteiger partial charge on any atom is -0.314 e. The highest BCUT2D eigenvalue weighted by atomic mass is 32.2. The predicted octanol–water partition coefficient (Wildman–Crippen LogP) is 1.91. The maximum atomic E-state index is 11.7. The molecule has 1 N–H and O–H groups in total. The first-order valence-electron chi connectivity index (χ1n) is 8.63. The summed E-state index contributed by atoms with van der Waals surface area (Å²) in [6.07, 6.45) is 5.19. The van der Waals surface area contributed by atoms with Crippen LogP contribution in [0, 0.1) is 11.8 Å². The van der Waals surface area contributed by atoms with Crippen molar-refractivity contribution in [2.24, 2.45) is 11.8 Å². The van der Waals surface area contributed by atoms with Gasteiger partial charge < -0.3 is 5.32 Å². The first-order chi connectivity index (χ1) is 9.95. The molecule has 4 nitrogen and oxygen atoms in total. The van der Waals surface area contributed by atoms with E-state index >= 15 is 0 Å². The van der Waals surface area contributed by atoms with Gasteiger partial charge in [-0.1, -0.05) is 20.3 Å². The van der Waals surface area contributed by atoms with E-state index in [9.17, 15) is 8.42 Å². The standard InChI is InChI=1S/C16H32N2O2S/c1-4-14-6-7-16(17-5-2)15(10-14)11-18-8-9-21(19,20)12-13(18)3/h13-17H,4-12H2,1-3H3. The monoisotopic (exact) mass is 316 g/mol. The van der Waals surface area contributed by atoms with E-state index < -0.39 is 9.84 Å². The summed E-state index contributed by atoms with van der Waals surface area (Å²) in [4.78, 5) is 2.41. The number of nitrogens with one attached hydrogen (secondary N) is 1. The van der Waals surface area contributed by atoms with Crippen LogP contribution in [0.25, 0.3) is 0 Å². The van der Waals surface area contributed by atoms with Gasteiger partial charge in [0.15, 0.2) is 9.84 Å². The Kier molecular flexibility index (Phi) is 6.09. The lowest BCUT2D eigenvalue weighted by atomic mass is 9.76. The average Bonchev–Trinajstić information content (AvgIpc) is 2.43. The van der Waals surface area contributed by atoms with Crippen LogP contribution >= 0.6 is 0 Å². The molecular formula is C16H32N2O2S. The summed E-state index contributed by atoms with van der Waals surface area (Å²) >= 11 is 0. The molecule has 2 aliphatic rings. The minimum absolute atomic E-state index is 0.174. The van der Waals surface area contributed by atoms with Gasteiger partial charge in [-0.2, -0.15) is 0 Å². The van der Waals surface area contributed by atoms with Crippen LogP contribution in [0.4, 0.5) is 0 Å². The predicted molar refractivity (Wildman–Crippen MR) is 88.3 cm³/mol. The SMILES string of the molecule is CCNC1CCC(CC)CC1CN1CCS(=O)(=O)CC1C. The zero-order valence-electron chi connectivity index (χ0n) is 13.8. The van der Waals surface area contributed by atoms with E-state index in [-0.39, 0.29) is 6.04 Å². The zero-order chi connectivity index (χ0) is 15.5. The molecule has 1 saturated heterocycles. The van der Waals surface area contributed by atoms with Gasteiger partial charge in [-0.05, 0) is 44.6 Å². The van der Waals surface area contributed by atoms with E-state index in [2.05, 4.69) is 31.0 Å². The topological polar surface area (TPSA) is 49.4 Å². The normalized spacial score (nSPS) is 37.5. The fourth-order valence-corrected chi connectivity index (χ4v) is 5.70. The molecule has 4 unspecified atom stereocenters. The van der Waals surface area contributed by atoms with Gasteiger partial charge in [0.25, 0.3) is 0 Å². The van der Waals surface area contributed by atoms with Crippen molar-refractivity contribution < 1.29 is 8.42 Å². The molecule has 21 heavy (non-hydrogen) atoms. The van der Waals surface area contributed by atoms with Crippen molar-refractivity contribution in [1.82, 2.24) is 10.2 Å². The molecule has 124 valence electrons. The quantitative estimate of drug-likeness (QED) is 0.842. The van der Waals surface area contributed by atoms with Crippen molar-refractivity contribution in [2.75, 3.05) is 31.1 Å². The maximum Gasteiger partial charge on any atom is 0.153 e. The molecule has 0 aromatic heterocycles. The van der Waals surface area contributed by atoms with Crippen LogP contribution in [0.1, 0.15) is 46.5 Å². The molecule has 0 aromatic carbocycles. The van der Waals surface area contributed by atoms with Crippen molar-refractivity contribution in [3.8, 4) is 0 Å². The number of hydrogen-bond acceptors (Lipinski definition) is 4. The highest BCUT2D eigenvalue weighted by molar-refractivity contribution is 7.91. The summed E-state index contributed by atoms with van der Waals surface area (Å²) in [6, 6.07) is 0.788. The molecule has 5 heteroatoms. The third-order valence-electron chi connectivity index (χ3n) is 5.41. The van der Waals surface area contributed by atoms with Gasteiger partial charge in [-0.15, -0.1) is 0 Å². The van der Waals surface area contributed by atoms with Gasteiger partial charge in [0, 0.05) is 25.2 Å². The Morgan fingerprint density at radius 1 is 1.24 bits per heavy atom. The van der Waals surface area contributed by atoms with Gasteiger partial charge >= 0.3 is 0 Å². The molecule has 1 heterocycles. The summed E-state index contributed by atoms with van der Waals surface area (Å²) in [5.41, 5.74) is 0. The van der Waals surface area contributed by atoms with Crippen LogP contribution in [0.5, 0.6) is 0 Å². The first kappa shape index (κ1) is 17.2. The number of hydrogen-bond donors (Lipinski definition) is 1. The van der Waals surface area contributed by atoms with Crippen LogP contribution in [0.3, 0.4) is 0 Å². The Hall–Kier alpha value is -0.130. The number of rotatable bonds is 5. The third-order valence-corrected chi connectivity index (χ3v) is 7.21. The van der Waals surface area contributed by atoms with Crippen LogP contribution in [0.15, 0.2) is 0 Å². The zero-order valence-corrected chi connectivity index (χ0v) is 14.7. The molecule has 4 atom stereocenters. The summed E-state index contributed by atoms with van der Waals surface area (Å²) < 4.78 is 23.4. The summed E-state index contributed by atoms with van der Waals surface area (Å²) in [6.45, 7) is 9.35. The molecule has 0 spiro atoms. The Labute approximate surface area is 130 Å². The summed E-state index contributed by atoms with van der Waals surface area (Å²) in [5.74, 6) is 2.20. The smallest absolute Gasteiger partial charge is 0.153 e. The highest BCUT2D eigenvalue weighted by Crippen LogP contribution is 2.32. The Morgan fingerprint density at radius 3 is 2.62 bits per heavy atom. The van der Waals surface area contributed by atoms with Gasteiger partial charge in [0.1, 0.15) is 0 Å². The highest BCUT2D eigenvalue weighted by Gasteiger charge is 2.34. The van der Waals surface area contributed by atoms with E-state index in [1.807, 2.05) is 0 Å². The largest absolute Gasteiger partial charge is 0.314 e. The van der Waals surface area contributed by atoms with Crippen molar-refractivity contribution in [1.29, 1.82) is 0 Å². The molecular weight excluding hydrogens is 284 g/mol. The lowest BCUT2D eigenvalue weighted by molar-refractivity contribution is 0.121. The van der Waals surface area contributed by atoms with E-state index in [1.54, 1.807) is 0 Å². The summed E-state index contributed by atoms with van der Waals surface area (Å²) in [5, 5.41) is 3.65. The van der Waals surface area contributed by atoms with Crippen LogP contribution < -0.4 is 5.32 Å². The average molecular weight is 317 g/mol. The van der Waals surface area contributed by atoms with E-state index in [1.165, 1.54) is 25.7 Å². The number of nitrogens with zero attached hydrogens (tertiary/aromatic N) is 1. The Balaban J connectivity index is 1.97. The Morgan fingerprint density at radius 2 is 2.00 bits per heavy atom.